The van der Waals surface area contributed by atoms with Crippen molar-refractivity contribution in [2.75, 3.05) is 13.7 Å². The summed E-state index contributed by atoms with van der Waals surface area (Å²) >= 11 is 0. The Morgan fingerprint density at radius 3 is 2.65 bits per heavy atom. The van der Waals surface area contributed by atoms with Gasteiger partial charge >= 0.3 is 0 Å². The van der Waals surface area contributed by atoms with E-state index in [0.29, 0.717) is 12.3 Å². The summed E-state index contributed by atoms with van der Waals surface area (Å²) in [6, 6.07) is 15.0. The van der Waals surface area contributed by atoms with E-state index in [1.165, 1.54) is 0 Å². The van der Waals surface area contributed by atoms with Crippen LogP contribution < -0.4 is 15.2 Å². The van der Waals surface area contributed by atoms with Gasteiger partial charge in [-0.05, 0) is 23.8 Å². The molecule has 1 unspecified atom stereocenters. The molecule has 0 aromatic heterocycles. The second-order valence-electron chi connectivity index (χ2n) is 4.39. The fourth-order valence-corrected chi connectivity index (χ4v) is 2.05. The number of hydrogen-bond donors (Lipinski definition) is 2. The van der Waals surface area contributed by atoms with Crippen LogP contribution in [0.25, 0.3) is 0 Å². The van der Waals surface area contributed by atoms with E-state index < -0.39 is 0 Å². The average molecular weight is 273 g/mol. The highest BCUT2D eigenvalue weighted by atomic mass is 16.5. The van der Waals surface area contributed by atoms with Crippen LogP contribution in [0.4, 0.5) is 0 Å². The monoisotopic (exact) mass is 273 g/mol. The van der Waals surface area contributed by atoms with E-state index in [2.05, 4.69) is 0 Å². The summed E-state index contributed by atoms with van der Waals surface area (Å²) in [7, 11) is 1.62. The summed E-state index contributed by atoms with van der Waals surface area (Å²) in [5.41, 5.74) is 7.53. The van der Waals surface area contributed by atoms with Crippen molar-refractivity contribution in [2.45, 2.75) is 12.7 Å². The minimum absolute atomic E-state index is 0.0147. The third-order valence-corrected chi connectivity index (χ3v) is 3.06. The molecule has 0 amide bonds. The maximum absolute atomic E-state index is 9.15. The molecule has 0 spiro atoms. The van der Waals surface area contributed by atoms with Crippen molar-refractivity contribution in [3.05, 3.63) is 59.7 Å². The lowest BCUT2D eigenvalue weighted by molar-refractivity contribution is 0.208. The Bertz CT molecular complexity index is 557. The molecule has 2 aromatic rings. The third kappa shape index (κ3) is 3.29. The Labute approximate surface area is 118 Å². The first-order valence-corrected chi connectivity index (χ1v) is 6.48. The zero-order valence-corrected chi connectivity index (χ0v) is 11.5. The van der Waals surface area contributed by atoms with Gasteiger partial charge in [-0.25, -0.2) is 0 Å². The minimum Gasteiger partial charge on any atom is -0.496 e. The Hall–Kier alpha value is -2.04. The van der Waals surface area contributed by atoms with Crippen LogP contribution in [0.15, 0.2) is 48.5 Å². The molecule has 1 atom stereocenters. The van der Waals surface area contributed by atoms with Gasteiger partial charge in [0.15, 0.2) is 0 Å². The number of methoxy groups -OCH3 is 1. The molecule has 0 fully saturated rings. The first-order valence-electron chi connectivity index (χ1n) is 6.48. The van der Waals surface area contributed by atoms with Gasteiger partial charge in [0.2, 0.25) is 0 Å². The quantitative estimate of drug-likeness (QED) is 0.847. The molecule has 0 aliphatic rings. The molecule has 2 aromatic carbocycles. The molecule has 0 aliphatic heterocycles. The SMILES string of the molecule is COc1ccccc1C(CN)Oc1cccc(CO)c1. The summed E-state index contributed by atoms with van der Waals surface area (Å²) in [5, 5.41) is 9.15. The molecule has 2 rings (SSSR count). The first-order chi connectivity index (χ1) is 9.78. The first kappa shape index (κ1) is 14.4. The number of para-hydroxylation sites is 1. The van der Waals surface area contributed by atoms with Gasteiger partial charge in [-0.3, -0.25) is 0 Å². The van der Waals surface area contributed by atoms with Crippen molar-refractivity contribution in [3.63, 3.8) is 0 Å². The van der Waals surface area contributed by atoms with Gasteiger partial charge in [0, 0.05) is 12.1 Å². The van der Waals surface area contributed by atoms with Crippen molar-refractivity contribution >= 4 is 0 Å². The van der Waals surface area contributed by atoms with Crippen LogP contribution in [0, 0.1) is 0 Å². The van der Waals surface area contributed by atoms with E-state index in [1.54, 1.807) is 13.2 Å². The highest BCUT2D eigenvalue weighted by molar-refractivity contribution is 5.37. The van der Waals surface area contributed by atoms with Gasteiger partial charge in [-0.2, -0.15) is 0 Å². The number of nitrogens with two attached hydrogens (primary N) is 1. The second kappa shape index (κ2) is 6.93. The lowest BCUT2D eigenvalue weighted by Gasteiger charge is -2.20. The summed E-state index contributed by atoms with van der Waals surface area (Å²) in [5.74, 6) is 1.43. The van der Waals surface area contributed by atoms with Gasteiger partial charge in [0.1, 0.15) is 17.6 Å². The molecule has 0 bridgehead atoms. The molecule has 0 radical (unpaired) electrons. The van der Waals surface area contributed by atoms with Crippen LogP contribution in [0.2, 0.25) is 0 Å². The van der Waals surface area contributed by atoms with Crippen LogP contribution in [0.5, 0.6) is 11.5 Å². The van der Waals surface area contributed by atoms with Crippen LogP contribution in [0.3, 0.4) is 0 Å². The van der Waals surface area contributed by atoms with Crippen molar-refractivity contribution in [1.82, 2.24) is 0 Å². The molecule has 4 heteroatoms. The van der Waals surface area contributed by atoms with Gasteiger partial charge in [0.05, 0.1) is 13.7 Å². The molecule has 20 heavy (non-hydrogen) atoms. The van der Waals surface area contributed by atoms with Gasteiger partial charge < -0.3 is 20.3 Å². The Balaban J connectivity index is 2.24. The van der Waals surface area contributed by atoms with Gasteiger partial charge in [-0.15, -0.1) is 0 Å². The van der Waals surface area contributed by atoms with E-state index >= 15 is 0 Å². The van der Waals surface area contributed by atoms with Gasteiger partial charge in [0.25, 0.3) is 0 Å². The largest absolute Gasteiger partial charge is 0.496 e. The maximum Gasteiger partial charge on any atom is 0.139 e. The molecule has 0 saturated carbocycles. The zero-order valence-electron chi connectivity index (χ0n) is 11.5. The van der Waals surface area contributed by atoms with E-state index in [9.17, 15) is 0 Å². The summed E-state index contributed by atoms with van der Waals surface area (Å²) in [6.45, 7) is 0.322. The highest BCUT2D eigenvalue weighted by Crippen LogP contribution is 2.28. The highest BCUT2D eigenvalue weighted by Gasteiger charge is 2.16. The lowest BCUT2D eigenvalue weighted by atomic mass is 10.1. The topological polar surface area (TPSA) is 64.7 Å². The Kier molecular flexibility index (Phi) is 4.98. The zero-order chi connectivity index (χ0) is 14.4. The second-order valence-corrected chi connectivity index (χ2v) is 4.39. The van der Waals surface area contributed by atoms with Crippen LogP contribution in [0.1, 0.15) is 17.2 Å². The molecular formula is C16H19NO3. The predicted octanol–water partition coefficient (Wildman–Crippen LogP) is 2.27. The molecule has 0 aliphatic carbocycles. The number of rotatable bonds is 6. The van der Waals surface area contributed by atoms with E-state index in [-0.39, 0.29) is 12.7 Å². The predicted molar refractivity (Wildman–Crippen MR) is 77.8 cm³/mol. The van der Waals surface area contributed by atoms with E-state index in [0.717, 1.165) is 16.9 Å². The van der Waals surface area contributed by atoms with Crippen molar-refractivity contribution in [3.8, 4) is 11.5 Å². The number of aliphatic hydroxyl groups is 1. The van der Waals surface area contributed by atoms with Crippen LogP contribution in [-0.2, 0) is 6.61 Å². The van der Waals surface area contributed by atoms with E-state index in [4.69, 9.17) is 20.3 Å². The standard InChI is InChI=1S/C16H19NO3/c1-19-15-8-3-2-7-14(15)16(10-17)20-13-6-4-5-12(9-13)11-18/h2-9,16,18H,10-11,17H2,1H3. The molecule has 106 valence electrons. The summed E-state index contributed by atoms with van der Waals surface area (Å²) < 4.78 is 11.3. The minimum atomic E-state index is -0.292. The normalized spacial score (nSPS) is 11.9. The number of aliphatic hydroxyl groups excluding tert-OH is 1. The summed E-state index contributed by atoms with van der Waals surface area (Å²) in [6.07, 6.45) is -0.292. The number of benzene rings is 2. The average Bonchev–Trinajstić information content (AvgIpc) is 2.52. The molecular weight excluding hydrogens is 254 g/mol. The van der Waals surface area contributed by atoms with Gasteiger partial charge in [-0.1, -0.05) is 30.3 Å². The smallest absolute Gasteiger partial charge is 0.139 e. The van der Waals surface area contributed by atoms with Crippen LogP contribution >= 0.6 is 0 Å². The summed E-state index contributed by atoms with van der Waals surface area (Å²) in [4.78, 5) is 0. The fraction of sp³-hybridized carbons (Fsp3) is 0.250. The van der Waals surface area contributed by atoms with E-state index in [1.807, 2.05) is 42.5 Å². The van der Waals surface area contributed by atoms with Crippen molar-refractivity contribution in [2.24, 2.45) is 5.73 Å². The maximum atomic E-state index is 9.15. The molecule has 3 N–H and O–H groups in total. The lowest BCUT2D eigenvalue weighted by Crippen LogP contribution is -2.19. The number of hydrogen-bond acceptors (Lipinski definition) is 4. The fourth-order valence-electron chi connectivity index (χ4n) is 2.05. The Morgan fingerprint density at radius 1 is 1.15 bits per heavy atom. The molecule has 0 saturated heterocycles. The molecule has 4 nitrogen and oxygen atoms in total. The Morgan fingerprint density at radius 2 is 1.95 bits per heavy atom. The third-order valence-electron chi connectivity index (χ3n) is 3.06. The van der Waals surface area contributed by atoms with Crippen molar-refractivity contribution < 1.29 is 14.6 Å². The van der Waals surface area contributed by atoms with Crippen molar-refractivity contribution in [1.29, 1.82) is 0 Å². The number of ether oxygens (including phenoxy) is 2. The molecule has 0 heterocycles. The van der Waals surface area contributed by atoms with Crippen LogP contribution in [-0.4, -0.2) is 18.8 Å².